The van der Waals surface area contributed by atoms with Crippen LogP contribution in [0.4, 0.5) is 0 Å². The van der Waals surface area contributed by atoms with Crippen LogP contribution >= 0.6 is 0 Å². The number of carbonyl (C=O) groups is 1. The number of aromatic amines is 1. The second-order valence-corrected chi connectivity index (χ2v) is 5.39. The number of nitriles is 1. The first-order valence-electron chi connectivity index (χ1n) is 7.08. The molecule has 24 heavy (non-hydrogen) atoms. The lowest BCUT2D eigenvalue weighted by molar-refractivity contribution is 0.101. The van der Waals surface area contributed by atoms with Gasteiger partial charge in [0.25, 0.3) is 0 Å². The van der Waals surface area contributed by atoms with Crippen molar-refractivity contribution in [3.63, 3.8) is 0 Å². The Morgan fingerprint density at radius 2 is 2.04 bits per heavy atom. The van der Waals surface area contributed by atoms with Crippen molar-refractivity contribution in [1.82, 2.24) is 4.98 Å². The van der Waals surface area contributed by atoms with E-state index in [2.05, 4.69) is 11.1 Å². The van der Waals surface area contributed by atoms with Crippen LogP contribution in [-0.4, -0.2) is 21.0 Å². The van der Waals surface area contributed by atoms with E-state index in [9.17, 15) is 15.0 Å². The number of rotatable bonds is 1. The van der Waals surface area contributed by atoms with Gasteiger partial charge in [0.2, 0.25) is 5.78 Å². The summed E-state index contributed by atoms with van der Waals surface area (Å²) < 4.78 is 5.47. The molecular weight excluding hydrogens is 308 g/mol. The number of allylic oxidation sites excluding steroid dienone is 1. The molecule has 3 N–H and O–H groups in total. The van der Waals surface area contributed by atoms with Gasteiger partial charge in [-0.15, -0.1) is 0 Å². The van der Waals surface area contributed by atoms with Crippen LogP contribution in [-0.2, 0) is 0 Å². The number of ether oxygens (including phenoxy) is 1. The maximum Gasteiger partial charge on any atom is 0.235 e. The van der Waals surface area contributed by atoms with Gasteiger partial charge in [-0.2, -0.15) is 5.26 Å². The topological polar surface area (TPSA) is 106 Å². The standard InChI is InChI=1S/C18H10N2O4/c19-7-9-1-2-13-12(3-9)10(8-20-13)4-16-18(23)17-14(22)5-11(21)6-15(17)24-16/h1-6,8,20-22H/b16-4+. The molecule has 2 heterocycles. The Labute approximate surface area is 135 Å². The number of nitrogens with one attached hydrogen (secondary N) is 1. The maximum absolute atomic E-state index is 12.4. The zero-order valence-corrected chi connectivity index (χ0v) is 12.2. The summed E-state index contributed by atoms with van der Waals surface area (Å²) in [4.78, 5) is 15.5. The number of aromatic hydroxyl groups is 2. The molecule has 1 aromatic heterocycles. The molecule has 6 heteroatoms. The summed E-state index contributed by atoms with van der Waals surface area (Å²) in [6, 6.07) is 9.64. The lowest BCUT2D eigenvalue weighted by Gasteiger charge is -2.00. The zero-order chi connectivity index (χ0) is 16.8. The molecule has 0 radical (unpaired) electrons. The maximum atomic E-state index is 12.4. The van der Waals surface area contributed by atoms with Crippen LogP contribution in [0.15, 0.2) is 42.3 Å². The normalized spacial score (nSPS) is 14.6. The van der Waals surface area contributed by atoms with Crippen molar-refractivity contribution in [2.45, 2.75) is 0 Å². The minimum absolute atomic E-state index is 0.0246. The molecule has 6 nitrogen and oxygen atoms in total. The molecule has 0 bridgehead atoms. The summed E-state index contributed by atoms with van der Waals surface area (Å²) in [6.45, 7) is 0. The number of phenols is 2. The largest absolute Gasteiger partial charge is 0.508 e. The summed E-state index contributed by atoms with van der Waals surface area (Å²) in [7, 11) is 0. The Morgan fingerprint density at radius 3 is 2.83 bits per heavy atom. The number of nitrogens with zero attached hydrogens (tertiary/aromatic N) is 1. The van der Waals surface area contributed by atoms with Crippen molar-refractivity contribution in [3.8, 4) is 23.3 Å². The fourth-order valence-electron chi connectivity index (χ4n) is 2.75. The van der Waals surface area contributed by atoms with Gasteiger partial charge in [0, 0.05) is 34.8 Å². The molecule has 0 atom stereocenters. The molecule has 0 aliphatic carbocycles. The summed E-state index contributed by atoms with van der Waals surface area (Å²) in [5.41, 5.74) is 2.04. The number of Topliss-reactive ketones (excluding diaryl/α,β-unsaturated/α-hetero) is 1. The average molecular weight is 318 g/mol. The third-order valence-corrected chi connectivity index (χ3v) is 3.87. The first kappa shape index (κ1) is 13.9. The van der Waals surface area contributed by atoms with Crippen molar-refractivity contribution >= 4 is 22.8 Å². The molecule has 0 unspecified atom stereocenters. The van der Waals surface area contributed by atoms with E-state index in [1.165, 1.54) is 6.07 Å². The summed E-state index contributed by atoms with van der Waals surface area (Å²) in [6.07, 6.45) is 3.24. The Kier molecular flexibility index (Phi) is 2.84. The predicted octanol–water partition coefficient (Wildman–Crippen LogP) is 3.07. The number of aromatic nitrogens is 1. The lowest BCUT2D eigenvalue weighted by Crippen LogP contribution is -1.98. The third kappa shape index (κ3) is 2.00. The van der Waals surface area contributed by atoms with Crippen molar-refractivity contribution in [2.24, 2.45) is 0 Å². The highest BCUT2D eigenvalue weighted by molar-refractivity contribution is 6.16. The number of benzene rings is 2. The van der Waals surface area contributed by atoms with Crippen LogP contribution in [0.5, 0.6) is 17.2 Å². The van der Waals surface area contributed by atoms with Crippen LogP contribution in [0.2, 0.25) is 0 Å². The second-order valence-electron chi connectivity index (χ2n) is 5.39. The van der Waals surface area contributed by atoms with Gasteiger partial charge in [0.15, 0.2) is 5.76 Å². The van der Waals surface area contributed by atoms with Gasteiger partial charge in [-0.05, 0) is 24.3 Å². The Bertz CT molecular complexity index is 1090. The van der Waals surface area contributed by atoms with Crippen molar-refractivity contribution < 1.29 is 19.7 Å². The molecule has 4 rings (SSSR count). The van der Waals surface area contributed by atoms with Gasteiger partial charge in [-0.3, -0.25) is 4.79 Å². The molecule has 2 aromatic carbocycles. The van der Waals surface area contributed by atoms with E-state index >= 15 is 0 Å². The first-order chi connectivity index (χ1) is 11.6. The van der Waals surface area contributed by atoms with Crippen LogP contribution in [0.1, 0.15) is 21.5 Å². The molecule has 0 saturated carbocycles. The van der Waals surface area contributed by atoms with E-state index in [1.807, 2.05) is 0 Å². The van der Waals surface area contributed by atoms with Crippen molar-refractivity contribution in [3.05, 3.63) is 59.0 Å². The predicted molar refractivity (Wildman–Crippen MR) is 85.7 cm³/mol. The average Bonchev–Trinajstić information content (AvgIpc) is 3.09. The van der Waals surface area contributed by atoms with Crippen LogP contribution in [0.25, 0.3) is 17.0 Å². The Morgan fingerprint density at radius 1 is 1.21 bits per heavy atom. The molecule has 1 aliphatic rings. The van der Waals surface area contributed by atoms with E-state index in [-0.39, 0.29) is 28.6 Å². The lowest BCUT2D eigenvalue weighted by atomic mass is 10.1. The van der Waals surface area contributed by atoms with Gasteiger partial charge in [-0.25, -0.2) is 0 Å². The van der Waals surface area contributed by atoms with Crippen molar-refractivity contribution in [2.75, 3.05) is 0 Å². The summed E-state index contributed by atoms with van der Waals surface area (Å²) in [5, 5.41) is 29.1. The van der Waals surface area contributed by atoms with E-state index < -0.39 is 5.78 Å². The second kappa shape index (κ2) is 4.89. The van der Waals surface area contributed by atoms with E-state index in [1.54, 1.807) is 30.5 Å². The third-order valence-electron chi connectivity index (χ3n) is 3.87. The molecular formula is C18H10N2O4. The monoisotopic (exact) mass is 318 g/mol. The zero-order valence-electron chi connectivity index (χ0n) is 12.2. The minimum Gasteiger partial charge on any atom is -0.508 e. The van der Waals surface area contributed by atoms with Gasteiger partial charge in [0.1, 0.15) is 22.8 Å². The molecule has 1 aliphatic heterocycles. The fourth-order valence-corrected chi connectivity index (χ4v) is 2.75. The van der Waals surface area contributed by atoms with Gasteiger partial charge < -0.3 is 19.9 Å². The first-order valence-corrected chi connectivity index (χ1v) is 7.08. The van der Waals surface area contributed by atoms with E-state index in [4.69, 9.17) is 10.00 Å². The molecule has 116 valence electrons. The number of phenolic OH excluding ortho intramolecular Hbond substituents is 2. The quantitative estimate of drug-likeness (QED) is 0.598. The summed E-state index contributed by atoms with van der Waals surface area (Å²) >= 11 is 0. The number of hydrogen-bond donors (Lipinski definition) is 3. The number of ketones is 1. The van der Waals surface area contributed by atoms with Crippen LogP contribution < -0.4 is 4.74 Å². The molecule has 0 spiro atoms. The van der Waals surface area contributed by atoms with Crippen LogP contribution in [0.3, 0.4) is 0 Å². The highest BCUT2D eigenvalue weighted by Gasteiger charge is 2.31. The molecule has 0 saturated heterocycles. The highest BCUT2D eigenvalue weighted by Crippen LogP contribution is 2.40. The number of fused-ring (bicyclic) bond motifs is 2. The summed E-state index contributed by atoms with van der Waals surface area (Å²) in [5.74, 6) is -0.834. The van der Waals surface area contributed by atoms with Crippen molar-refractivity contribution in [1.29, 1.82) is 5.26 Å². The minimum atomic E-state index is -0.465. The number of H-pyrrole nitrogens is 1. The van der Waals surface area contributed by atoms with Gasteiger partial charge >= 0.3 is 0 Å². The molecule has 0 fully saturated rings. The van der Waals surface area contributed by atoms with E-state index in [0.29, 0.717) is 11.1 Å². The van der Waals surface area contributed by atoms with E-state index in [0.717, 1.165) is 17.0 Å². The smallest absolute Gasteiger partial charge is 0.235 e. The molecule has 3 aromatic rings. The fraction of sp³-hybridized carbons (Fsp3) is 0. The Balaban J connectivity index is 1.82. The van der Waals surface area contributed by atoms with Gasteiger partial charge in [-0.1, -0.05) is 0 Å². The Hall–Kier alpha value is -3.72. The number of hydrogen-bond acceptors (Lipinski definition) is 5. The number of carbonyl (C=O) groups excluding carboxylic acids is 1. The SMILES string of the molecule is N#Cc1ccc2[nH]cc(/C=C3/Oc4cc(O)cc(O)c4C3=O)c2c1. The van der Waals surface area contributed by atoms with Crippen LogP contribution in [0, 0.1) is 11.3 Å². The highest BCUT2D eigenvalue weighted by atomic mass is 16.5. The molecule has 0 amide bonds. The van der Waals surface area contributed by atoms with Gasteiger partial charge in [0.05, 0.1) is 11.6 Å².